The highest BCUT2D eigenvalue weighted by molar-refractivity contribution is 7.89. The highest BCUT2D eigenvalue weighted by Gasteiger charge is 2.24. The third kappa shape index (κ3) is 3.32. The second-order valence-electron chi connectivity index (χ2n) is 4.62. The topological polar surface area (TPSA) is 96.6 Å². The Kier molecular flexibility index (Phi) is 4.15. The second kappa shape index (κ2) is 5.71. The van der Waals surface area contributed by atoms with Crippen LogP contribution in [0.5, 0.6) is 0 Å². The summed E-state index contributed by atoms with van der Waals surface area (Å²) in [5.41, 5.74) is 1.80. The van der Waals surface area contributed by atoms with Gasteiger partial charge in [0.05, 0.1) is 0 Å². The van der Waals surface area contributed by atoms with Crippen LogP contribution in [0, 0.1) is 6.92 Å². The highest BCUT2D eigenvalue weighted by atomic mass is 32.2. The normalized spacial score (nSPS) is 13.0. The molecule has 1 atom stereocenters. The molecule has 0 aliphatic rings. The van der Waals surface area contributed by atoms with Gasteiger partial charge < -0.3 is 9.52 Å². The summed E-state index contributed by atoms with van der Waals surface area (Å²) < 4.78 is 31.6. The molecule has 1 heterocycles. The molecule has 1 aromatic carbocycles. The van der Waals surface area contributed by atoms with Gasteiger partial charge >= 0.3 is 5.97 Å². The summed E-state index contributed by atoms with van der Waals surface area (Å²) in [6.45, 7) is 3.59. The third-order valence-corrected chi connectivity index (χ3v) is 4.46. The lowest BCUT2D eigenvalue weighted by Crippen LogP contribution is -2.27. The van der Waals surface area contributed by atoms with E-state index in [2.05, 4.69) is 4.72 Å². The molecular weight excluding hydrogens is 294 g/mol. The summed E-state index contributed by atoms with van der Waals surface area (Å²) in [4.78, 5) is 10.7. The summed E-state index contributed by atoms with van der Waals surface area (Å²) in [6.07, 6.45) is 0. The molecule has 0 bridgehead atoms. The SMILES string of the molecule is Cc1ccccc1C(C)NS(=O)(=O)c1ccc(C(=O)O)o1. The lowest BCUT2D eigenvalue weighted by molar-refractivity contribution is 0.0656. The van der Waals surface area contributed by atoms with Crippen molar-refractivity contribution in [2.75, 3.05) is 0 Å². The number of carboxylic acids is 1. The number of hydrogen-bond donors (Lipinski definition) is 2. The Morgan fingerprint density at radius 1 is 1.24 bits per heavy atom. The van der Waals surface area contributed by atoms with Crippen LogP contribution < -0.4 is 4.72 Å². The van der Waals surface area contributed by atoms with Crippen LogP contribution in [-0.2, 0) is 10.0 Å². The molecule has 0 amide bonds. The van der Waals surface area contributed by atoms with Crippen LogP contribution in [-0.4, -0.2) is 19.5 Å². The summed E-state index contributed by atoms with van der Waals surface area (Å²) in [5, 5.41) is 8.33. The smallest absolute Gasteiger partial charge is 0.371 e. The van der Waals surface area contributed by atoms with Crippen molar-refractivity contribution < 1.29 is 22.7 Å². The number of carbonyl (C=O) groups is 1. The van der Waals surface area contributed by atoms with Crippen LogP contribution in [0.15, 0.2) is 45.9 Å². The second-order valence-corrected chi connectivity index (χ2v) is 6.27. The molecule has 0 aliphatic carbocycles. The van der Waals surface area contributed by atoms with Gasteiger partial charge in [0, 0.05) is 6.04 Å². The predicted molar refractivity (Wildman–Crippen MR) is 75.6 cm³/mol. The van der Waals surface area contributed by atoms with Gasteiger partial charge in [-0.3, -0.25) is 0 Å². The number of sulfonamides is 1. The molecule has 21 heavy (non-hydrogen) atoms. The predicted octanol–water partition coefficient (Wildman–Crippen LogP) is 2.33. The summed E-state index contributed by atoms with van der Waals surface area (Å²) >= 11 is 0. The zero-order chi connectivity index (χ0) is 15.6. The zero-order valence-corrected chi connectivity index (χ0v) is 12.3. The molecule has 1 unspecified atom stereocenters. The Balaban J connectivity index is 2.24. The Morgan fingerprint density at radius 2 is 1.90 bits per heavy atom. The first-order valence-corrected chi connectivity index (χ1v) is 7.70. The van der Waals surface area contributed by atoms with Gasteiger partial charge in [-0.05, 0) is 37.1 Å². The third-order valence-electron chi connectivity index (χ3n) is 3.04. The van der Waals surface area contributed by atoms with Crippen molar-refractivity contribution in [1.29, 1.82) is 0 Å². The first kappa shape index (κ1) is 15.3. The number of aromatic carboxylic acids is 1. The monoisotopic (exact) mass is 309 g/mol. The maximum Gasteiger partial charge on any atom is 0.371 e. The van der Waals surface area contributed by atoms with Crippen LogP contribution in [0.4, 0.5) is 0 Å². The summed E-state index contributed by atoms with van der Waals surface area (Å²) in [5.74, 6) is -1.73. The molecule has 7 heteroatoms. The number of carboxylic acid groups (broad SMARTS) is 1. The molecule has 0 saturated heterocycles. The van der Waals surface area contributed by atoms with Crippen LogP contribution in [0.1, 0.15) is 34.6 Å². The average molecular weight is 309 g/mol. The lowest BCUT2D eigenvalue weighted by atomic mass is 10.0. The molecule has 6 nitrogen and oxygen atoms in total. The molecule has 0 fully saturated rings. The van der Waals surface area contributed by atoms with Gasteiger partial charge in [-0.25, -0.2) is 17.9 Å². The van der Waals surface area contributed by atoms with E-state index in [0.29, 0.717) is 0 Å². The van der Waals surface area contributed by atoms with E-state index < -0.39 is 32.9 Å². The Bertz CT molecular complexity index is 763. The number of furan rings is 1. The van der Waals surface area contributed by atoms with Gasteiger partial charge in [0.25, 0.3) is 10.0 Å². The van der Waals surface area contributed by atoms with Gasteiger partial charge in [-0.2, -0.15) is 0 Å². The number of nitrogens with one attached hydrogen (secondary N) is 1. The van der Waals surface area contributed by atoms with Crippen molar-refractivity contribution >= 4 is 16.0 Å². The van der Waals surface area contributed by atoms with Gasteiger partial charge in [-0.1, -0.05) is 24.3 Å². The van der Waals surface area contributed by atoms with Crippen molar-refractivity contribution in [2.45, 2.75) is 25.0 Å². The van der Waals surface area contributed by atoms with E-state index in [1.807, 2.05) is 31.2 Å². The number of hydrogen-bond acceptors (Lipinski definition) is 4. The van der Waals surface area contributed by atoms with Crippen molar-refractivity contribution in [3.8, 4) is 0 Å². The number of rotatable bonds is 5. The molecular formula is C14H15NO5S. The van der Waals surface area contributed by atoms with Crippen molar-refractivity contribution in [2.24, 2.45) is 0 Å². The fourth-order valence-electron chi connectivity index (χ4n) is 2.01. The largest absolute Gasteiger partial charge is 0.475 e. The molecule has 112 valence electrons. The van der Waals surface area contributed by atoms with Crippen molar-refractivity contribution in [1.82, 2.24) is 4.72 Å². The van der Waals surface area contributed by atoms with E-state index in [1.54, 1.807) is 6.92 Å². The quantitative estimate of drug-likeness (QED) is 0.883. The first-order chi connectivity index (χ1) is 9.81. The minimum absolute atomic E-state index is 0.416. The molecule has 0 radical (unpaired) electrons. The van der Waals surface area contributed by atoms with Gasteiger partial charge in [0.2, 0.25) is 10.9 Å². The molecule has 0 spiro atoms. The summed E-state index contributed by atoms with van der Waals surface area (Å²) in [7, 11) is -3.92. The average Bonchev–Trinajstić information content (AvgIpc) is 2.89. The minimum Gasteiger partial charge on any atom is -0.475 e. The maximum atomic E-state index is 12.2. The van der Waals surface area contributed by atoms with E-state index in [-0.39, 0.29) is 0 Å². The number of benzene rings is 1. The van der Waals surface area contributed by atoms with Crippen molar-refractivity contribution in [3.05, 3.63) is 53.3 Å². The van der Waals surface area contributed by atoms with E-state index in [9.17, 15) is 13.2 Å². The fourth-order valence-corrected chi connectivity index (χ4v) is 3.16. The van der Waals surface area contributed by atoms with Crippen LogP contribution >= 0.6 is 0 Å². The van der Waals surface area contributed by atoms with Gasteiger partial charge in [-0.15, -0.1) is 0 Å². The van der Waals surface area contributed by atoms with Crippen LogP contribution in [0.2, 0.25) is 0 Å². The Hall–Kier alpha value is -2.12. The number of aryl methyl sites for hydroxylation is 1. The van der Waals surface area contributed by atoms with E-state index in [0.717, 1.165) is 23.3 Å². The molecule has 2 rings (SSSR count). The Labute approximate surface area is 122 Å². The molecule has 2 N–H and O–H groups in total. The lowest BCUT2D eigenvalue weighted by Gasteiger charge is -2.15. The van der Waals surface area contributed by atoms with E-state index in [1.165, 1.54) is 0 Å². The first-order valence-electron chi connectivity index (χ1n) is 6.22. The maximum absolute atomic E-state index is 12.2. The van der Waals surface area contributed by atoms with Crippen LogP contribution in [0.3, 0.4) is 0 Å². The molecule has 0 aliphatic heterocycles. The standard InChI is InChI=1S/C14H15NO5S/c1-9-5-3-4-6-11(9)10(2)15-21(18,19)13-8-7-12(20-13)14(16)17/h3-8,10,15H,1-2H3,(H,16,17). The van der Waals surface area contributed by atoms with E-state index in [4.69, 9.17) is 9.52 Å². The molecule has 1 aromatic heterocycles. The molecule has 0 saturated carbocycles. The van der Waals surface area contributed by atoms with E-state index >= 15 is 0 Å². The van der Waals surface area contributed by atoms with Crippen LogP contribution in [0.25, 0.3) is 0 Å². The zero-order valence-electron chi connectivity index (χ0n) is 11.5. The minimum atomic E-state index is -3.92. The van der Waals surface area contributed by atoms with Gasteiger partial charge in [0.15, 0.2) is 0 Å². The highest BCUT2D eigenvalue weighted by Crippen LogP contribution is 2.21. The molecule has 2 aromatic rings. The van der Waals surface area contributed by atoms with Crippen molar-refractivity contribution in [3.63, 3.8) is 0 Å². The van der Waals surface area contributed by atoms with Gasteiger partial charge in [0.1, 0.15) is 0 Å². The fraction of sp³-hybridized carbons (Fsp3) is 0.214. The Morgan fingerprint density at radius 3 is 2.48 bits per heavy atom. The summed E-state index contributed by atoms with van der Waals surface area (Å²) in [6, 6.07) is 9.16.